The first-order valence-corrected chi connectivity index (χ1v) is 14.7. The first-order valence-electron chi connectivity index (χ1n) is 13.1. The van der Waals surface area contributed by atoms with Crippen LogP contribution in [0.15, 0.2) is 70.5 Å². The Hall–Kier alpha value is -3.17. The molecule has 7 atom stereocenters. The summed E-state index contributed by atoms with van der Waals surface area (Å²) in [4.78, 5) is 53.9. The van der Waals surface area contributed by atoms with E-state index in [-0.39, 0.29) is 76.8 Å². The van der Waals surface area contributed by atoms with Crippen LogP contribution >= 0.6 is 23.1 Å². The van der Waals surface area contributed by atoms with E-state index in [1.807, 2.05) is 53.1 Å². The lowest BCUT2D eigenvalue weighted by Crippen LogP contribution is -2.43. The van der Waals surface area contributed by atoms with Crippen molar-refractivity contribution in [1.82, 2.24) is 9.47 Å². The van der Waals surface area contributed by atoms with Crippen molar-refractivity contribution in [2.24, 2.45) is 29.6 Å². The number of carbonyl (C=O) groups excluding carboxylic acids is 2. The summed E-state index contributed by atoms with van der Waals surface area (Å²) in [5.74, 6) is -1.63. The fraction of sp³-hybridized carbons (Fsp3) is 0.379. The number of imide groups is 1. The fourth-order valence-corrected chi connectivity index (χ4v) is 10.7. The number of thiazole rings is 1. The number of carboxylic acids is 1. The van der Waals surface area contributed by atoms with Gasteiger partial charge >= 0.3 is 10.8 Å². The summed E-state index contributed by atoms with van der Waals surface area (Å²) in [6, 6.07) is 19.9. The molecular weight excluding hydrogens is 520 g/mol. The van der Waals surface area contributed by atoms with Gasteiger partial charge < -0.3 is 5.11 Å². The molecule has 9 heteroatoms. The van der Waals surface area contributed by atoms with Crippen molar-refractivity contribution in [2.45, 2.75) is 35.5 Å². The van der Waals surface area contributed by atoms with Crippen LogP contribution in [0.2, 0.25) is 0 Å². The van der Waals surface area contributed by atoms with Gasteiger partial charge in [-0.1, -0.05) is 59.9 Å². The summed E-state index contributed by atoms with van der Waals surface area (Å²) < 4.78 is 1.82. The Morgan fingerprint density at radius 3 is 2.26 bits per heavy atom. The van der Waals surface area contributed by atoms with Crippen LogP contribution < -0.4 is 4.87 Å². The number of aliphatic carboxylic acids is 1. The van der Waals surface area contributed by atoms with E-state index < -0.39 is 5.97 Å². The monoisotopic (exact) mass is 546 g/mol. The van der Waals surface area contributed by atoms with Crippen molar-refractivity contribution in [3.05, 3.63) is 80.8 Å². The average Bonchev–Trinajstić information content (AvgIpc) is 3.64. The minimum atomic E-state index is -0.923. The van der Waals surface area contributed by atoms with Gasteiger partial charge in [-0.15, -0.1) is 11.8 Å². The highest BCUT2D eigenvalue weighted by Crippen LogP contribution is 2.68. The van der Waals surface area contributed by atoms with Crippen LogP contribution in [0.25, 0.3) is 5.69 Å². The molecule has 194 valence electrons. The molecule has 1 aromatic heterocycles. The standard InChI is InChI=1S/C29H26N2O5S2/c32-19(33)12-7-13-30-26(34)22-17-14-18(23(22)27(30)35)24-21(17)20(15-8-3-1-4-9-15)25-28(37-24)31(29(36)38-25)16-10-5-2-6-11-16/h1-6,8-11,17-18,20-24H,7,12-14H2,(H,32,33)/t17-,18-,20+,21-,22+,23-,24-/m1/s1. The minimum Gasteiger partial charge on any atom is -0.481 e. The molecule has 4 aliphatic rings. The first-order chi connectivity index (χ1) is 18.5. The largest absolute Gasteiger partial charge is 0.481 e. The SMILES string of the molecule is O=C(O)CCCN1C(=O)[C@@H]2[C@H]3C[C@@H]([C@@H]2C1=O)[C@@H]1[C@H](c2ccccc2)c2sc(=O)n(-c4ccccc4)c2S[C@H]31. The van der Waals surface area contributed by atoms with Gasteiger partial charge in [0.05, 0.1) is 22.5 Å². The maximum absolute atomic E-state index is 13.6. The fourth-order valence-electron chi connectivity index (χ4n) is 7.58. The van der Waals surface area contributed by atoms with Gasteiger partial charge in [-0.3, -0.25) is 28.6 Å². The summed E-state index contributed by atoms with van der Waals surface area (Å²) in [5.41, 5.74) is 1.98. The van der Waals surface area contributed by atoms with Gasteiger partial charge in [0.2, 0.25) is 11.8 Å². The predicted molar refractivity (Wildman–Crippen MR) is 144 cm³/mol. The topological polar surface area (TPSA) is 96.7 Å². The Morgan fingerprint density at radius 2 is 1.58 bits per heavy atom. The van der Waals surface area contributed by atoms with Gasteiger partial charge in [0.25, 0.3) is 0 Å². The van der Waals surface area contributed by atoms with E-state index in [9.17, 15) is 19.2 Å². The number of para-hydroxylation sites is 1. The molecule has 7 rings (SSSR count). The van der Waals surface area contributed by atoms with Crippen LogP contribution in [-0.2, 0) is 14.4 Å². The minimum absolute atomic E-state index is 0.0139. The van der Waals surface area contributed by atoms with E-state index in [4.69, 9.17) is 5.11 Å². The summed E-state index contributed by atoms with van der Waals surface area (Å²) in [6.07, 6.45) is 1.05. The molecule has 3 fully saturated rings. The molecule has 2 aromatic carbocycles. The number of rotatable bonds is 6. The normalized spacial score (nSPS) is 30.8. The number of carbonyl (C=O) groups is 3. The zero-order chi connectivity index (χ0) is 26.1. The highest BCUT2D eigenvalue weighted by molar-refractivity contribution is 8.00. The Kier molecular flexibility index (Phi) is 5.63. The average molecular weight is 547 g/mol. The lowest BCUT2D eigenvalue weighted by Gasteiger charge is -2.43. The van der Waals surface area contributed by atoms with Crippen LogP contribution in [0.1, 0.15) is 35.6 Å². The first kappa shape index (κ1) is 23.9. The highest BCUT2D eigenvalue weighted by Gasteiger charge is 2.69. The molecule has 2 saturated carbocycles. The summed E-state index contributed by atoms with van der Waals surface area (Å²) in [6.45, 7) is 0.169. The number of nitrogens with zero attached hydrogens (tertiary/aromatic N) is 2. The molecule has 0 unspecified atom stereocenters. The van der Waals surface area contributed by atoms with Crippen LogP contribution in [0.3, 0.4) is 0 Å². The number of benzene rings is 2. The van der Waals surface area contributed by atoms with E-state index in [1.54, 1.807) is 11.8 Å². The van der Waals surface area contributed by atoms with Crippen LogP contribution in [0, 0.1) is 29.6 Å². The Bertz CT molecular complexity index is 1500. The van der Waals surface area contributed by atoms with Crippen molar-refractivity contribution >= 4 is 40.9 Å². The molecule has 38 heavy (non-hydrogen) atoms. The van der Waals surface area contributed by atoms with Crippen LogP contribution in [0.4, 0.5) is 0 Å². The molecule has 2 aliphatic carbocycles. The maximum atomic E-state index is 13.6. The molecule has 0 radical (unpaired) electrons. The second-order valence-electron chi connectivity index (χ2n) is 10.7. The highest BCUT2D eigenvalue weighted by atomic mass is 32.2. The Morgan fingerprint density at radius 1 is 0.921 bits per heavy atom. The number of amides is 2. The smallest absolute Gasteiger partial charge is 0.312 e. The molecule has 1 N–H and O–H groups in total. The van der Waals surface area contributed by atoms with Crippen LogP contribution in [-0.4, -0.2) is 44.2 Å². The van der Waals surface area contributed by atoms with E-state index in [0.717, 1.165) is 27.6 Å². The third kappa shape index (κ3) is 3.41. The van der Waals surface area contributed by atoms with Crippen molar-refractivity contribution in [3.8, 4) is 5.69 Å². The molecule has 2 bridgehead atoms. The van der Waals surface area contributed by atoms with Crippen molar-refractivity contribution < 1.29 is 19.5 Å². The second-order valence-corrected chi connectivity index (χ2v) is 12.9. The van der Waals surface area contributed by atoms with Crippen molar-refractivity contribution in [1.29, 1.82) is 0 Å². The zero-order valence-electron chi connectivity index (χ0n) is 20.4. The number of thioether (sulfide) groups is 1. The molecule has 1 saturated heterocycles. The third-order valence-electron chi connectivity index (χ3n) is 8.91. The van der Waals surface area contributed by atoms with Gasteiger partial charge in [0, 0.05) is 29.0 Å². The van der Waals surface area contributed by atoms with Gasteiger partial charge in [0.15, 0.2) is 0 Å². The lowest BCUT2D eigenvalue weighted by molar-refractivity contribution is -0.142. The zero-order valence-corrected chi connectivity index (χ0v) is 22.1. The molecule has 0 spiro atoms. The number of hydrogen-bond acceptors (Lipinski definition) is 6. The van der Waals surface area contributed by atoms with Gasteiger partial charge in [0.1, 0.15) is 0 Å². The van der Waals surface area contributed by atoms with Gasteiger partial charge in [-0.25, -0.2) is 0 Å². The van der Waals surface area contributed by atoms with Crippen molar-refractivity contribution in [3.63, 3.8) is 0 Å². The van der Waals surface area contributed by atoms with Crippen LogP contribution in [0.5, 0.6) is 0 Å². The molecule has 3 aromatic rings. The Balaban J connectivity index is 1.31. The quantitative estimate of drug-likeness (QED) is 0.465. The summed E-state index contributed by atoms with van der Waals surface area (Å²) in [5, 5.41) is 10.1. The summed E-state index contributed by atoms with van der Waals surface area (Å²) >= 11 is 3.02. The number of hydrogen-bond donors (Lipinski definition) is 1. The van der Waals surface area contributed by atoms with E-state index in [2.05, 4.69) is 12.1 Å². The lowest BCUT2D eigenvalue weighted by atomic mass is 9.68. The molecule has 7 nitrogen and oxygen atoms in total. The van der Waals surface area contributed by atoms with E-state index >= 15 is 0 Å². The second kappa shape index (κ2) is 8.95. The van der Waals surface area contributed by atoms with E-state index in [0.29, 0.717) is 0 Å². The summed E-state index contributed by atoms with van der Waals surface area (Å²) in [7, 11) is 0. The third-order valence-corrected chi connectivity index (χ3v) is 11.6. The van der Waals surface area contributed by atoms with Gasteiger partial charge in [-0.2, -0.15) is 0 Å². The van der Waals surface area contributed by atoms with Crippen molar-refractivity contribution in [2.75, 3.05) is 6.54 Å². The van der Waals surface area contributed by atoms with E-state index in [1.165, 1.54) is 16.2 Å². The number of likely N-dealkylation sites (tertiary alicyclic amines) is 1. The molecule has 2 aliphatic heterocycles. The number of fused-ring (bicyclic) bond motifs is 9. The number of carboxylic acid groups (broad SMARTS) is 1. The Labute approximate surface area is 227 Å². The van der Waals surface area contributed by atoms with Gasteiger partial charge in [-0.05, 0) is 48.3 Å². The molecule has 2 amide bonds. The molecule has 3 heterocycles. The molecular formula is C29H26N2O5S2. The maximum Gasteiger partial charge on any atom is 0.312 e. The predicted octanol–water partition coefficient (Wildman–Crippen LogP) is 4.24. The number of aromatic nitrogens is 1.